The number of nitrogens with one attached hydrogen (secondary N) is 1. The van der Waals surface area contributed by atoms with E-state index in [0.29, 0.717) is 28.8 Å². The van der Waals surface area contributed by atoms with Crippen LogP contribution in [0, 0.1) is 6.92 Å². The Kier molecular flexibility index (Phi) is 6.95. The molecule has 1 aliphatic heterocycles. The van der Waals surface area contributed by atoms with Crippen LogP contribution in [0.15, 0.2) is 53.4 Å². The Bertz CT molecular complexity index is 1500. The maximum absolute atomic E-state index is 13.7. The minimum Gasteiger partial charge on any atom is -0.612 e. The number of sulfonamides is 1. The summed E-state index contributed by atoms with van der Waals surface area (Å²) in [5.41, 5.74) is 1.05. The van der Waals surface area contributed by atoms with Crippen molar-refractivity contribution in [3.63, 3.8) is 0 Å². The molecule has 7 nitrogen and oxygen atoms in total. The van der Waals surface area contributed by atoms with Crippen LogP contribution >= 0.6 is 0 Å². The number of fused-ring (bicyclic) bond motifs is 1. The maximum atomic E-state index is 13.7. The Balaban J connectivity index is 1.71. The SMILES string of the molecule is Cc1c([S+](C)[O-])cc(-c2ccc3c(c2)CCN(c2ccc(O)c(NS(C)(=O)=O)c2)C3=O)cc1C(F)(F)F. The minimum absolute atomic E-state index is 0.0714. The van der Waals surface area contributed by atoms with Crippen LogP contribution in [0.25, 0.3) is 11.1 Å². The van der Waals surface area contributed by atoms with Gasteiger partial charge in [-0.3, -0.25) is 9.52 Å². The zero-order chi connectivity index (χ0) is 27.3. The van der Waals surface area contributed by atoms with Gasteiger partial charge in [-0.2, -0.15) is 13.2 Å². The van der Waals surface area contributed by atoms with Crippen molar-refractivity contribution in [1.29, 1.82) is 0 Å². The van der Waals surface area contributed by atoms with Crippen LogP contribution in [0.5, 0.6) is 5.75 Å². The van der Waals surface area contributed by atoms with E-state index in [9.17, 15) is 36.0 Å². The normalized spacial score (nSPS) is 14.9. The van der Waals surface area contributed by atoms with Crippen LogP contribution in [0.2, 0.25) is 0 Å². The molecular weight excluding hydrogens is 529 g/mol. The molecule has 196 valence electrons. The van der Waals surface area contributed by atoms with E-state index in [-0.39, 0.29) is 39.9 Å². The molecule has 1 atom stereocenters. The molecule has 0 saturated heterocycles. The van der Waals surface area contributed by atoms with Crippen LogP contribution in [-0.2, 0) is 33.8 Å². The van der Waals surface area contributed by atoms with Gasteiger partial charge >= 0.3 is 6.18 Å². The third-order valence-electron chi connectivity index (χ3n) is 6.08. The number of phenols is 1. The molecule has 0 spiro atoms. The highest BCUT2D eigenvalue weighted by Crippen LogP contribution is 2.39. The second-order valence-electron chi connectivity index (χ2n) is 8.75. The first-order valence-electron chi connectivity index (χ1n) is 11.0. The van der Waals surface area contributed by atoms with Crippen LogP contribution in [-0.4, -0.2) is 43.0 Å². The number of rotatable bonds is 5. The molecule has 3 aromatic carbocycles. The van der Waals surface area contributed by atoms with E-state index >= 15 is 0 Å². The molecule has 1 heterocycles. The van der Waals surface area contributed by atoms with Gasteiger partial charge in [-0.15, -0.1) is 0 Å². The lowest BCUT2D eigenvalue weighted by atomic mass is 9.92. The average Bonchev–Trinajstić information content (AvgIpc) is 2.79. The third-order valence-corrected chi connectivity index (χ3v) is 7.72. The van der Waals surface area contributed by atoms with Crippen molar-refractivity contribution in [2.75, 3.05) is 28.7 Å². The minimum atomic E-state index is -4.62. The van der Waals surface area contributed by atoms with Crippen LogP contribution in [0.1, 0.15) is 27.0 Å². The number of amides is 1. The summed E-state index contributed by atoms with van der Waals surface area (Å²) in [6.45, 7) is 1.52. The molecule has 4 rings (SSSR count). The fraction of sp³-hybridized carbons (Fsp3) is 0.240. The molecular formula is C25H23F3N2O5S2. The summed E-state index contributed by atoms with van der Waals surface area (Å²) in [4.78, 5) is 14.8. The standard InChI is InChI=1S/C25H23F3N2O5S2/c1-14-20(25(26,27)28)11-17(12-23(14)36(2)33)15-4-6-19-16(10-15)8-9-30(24(19)32)18-5-7-22(31)21(13-18)29-37(3,34)35/h4-7,10-13,29,31H,8-9H2,1-3H3. The Morgan fingerprint density at radius 2 is 1.78 bits per heavy atom. The number of anilines is 2. The van der Waals surface area contributed by atoms with Gasteiger partial charge in [-0.25, -0.2) is 8.42 Å². The predicted octanol–water partition coefficient (Wildman–Crippen LogP) is 4.70. The van der Waals surface area contributed by atoms with Gasteiger partial charge in [-0.05, 0) is 71.5 Å². The Morgan fingerprint density at radius 1 is 1.08 bits per heavy atom. The first kappa shape index (κ1) is 26.8. The highest BCUT2D eigenvalue weighted by Gasteiger charge is 2.35. The number of carbonyl (C=O) groups is 1. The van der Waals surface area contributed by atoms with E-state index in [0.717, 1.165) is 12.3 Å². The topological polar surface area (TPSA) is 110 Å². The smallest absolute Gasteiger partial charge is 0.416 e. The van der Waals surface area contributed by atoms with Gasteiger partial charge < -0.3 is 14.6 Å². The van der Waals surface area contributed by atoms with Crippen molar-refractivity contribution >= 4 is 38.5 Å². The van der Waals surface area contributed by atoms with Gasteiger partial charge in [0.1, 0.15) is 12.0 Å². The third kappa shape index (κ3) is 5.55. The van der Waals surface area contributed by atoms with Crippen molar-refractivity contribution in [2.45, 2.75) is 24.4 Å². The molecule has 0 fully saturated rings. The number of alkyl halides is 3. The summed E-state index contributed by atoms with van der Waals surface area (Å²) in [6.07, 6.45) is -1.97. The summed E-state index contributed by atoms with van der Waals surface area (Å²) in [5, 5.41) is 9.98. The Hall–Kier alpha value is -3.22. The quantitative estimate of drug-likeness (QED) is 0.352. The molecule has 12 heteroatoms. The van der Waals surface area contributed by atoms with Gasteiger partial charge in [0.15, 0.2) is 4.90 Å². The largest absolute Gasteiger partial charge is 0.612 e. The maximum Gasteiger partial charge on any atom is 0.416 e. The lowest BCUT2D eigenvalue weighted by molar-refractivity contribution is -0.138. The van der Waals surface area contributed by atoms with Gasteiger partial charge in [0, 0.05) is 29.4 Å². The number of benzene rings is 3. The highest BCUT2D eigenvalue weighted by atomic mass is 32.2. The summed E-state index contributed by atoms with van der Waals surface area (Å²) < 4.78 is 78.5. The van der Waals surface area contributed by atoms with Crippen molar-refractivity contribution < 1.29 is 36.0 Å². The second kappa shape index (κ2) is 9.58. The van der Waals surface area contributed by atoms with E-state index < -0.39 is 32.9 Å². The van der Waals surface area contributed by atoms with Crippen molar-refractivity contribution in [3.8, 4) is 16.9 Å². The fourth-order valence-corrected chi connectivity index (χ4v) is 5.73. The lowest BCUT2D eigenvalue weighted by Crippen LogP contribution is -2.37. The lowest BCUT2D eigenvalue weighted by Gasteiger charge is -2.29. The number of nitrogens with zero attached hydrogens (tertiary/aromatic N) is 1. The molecule has 0 radical (unpaired) electrons. The van der Waals surface area contributed by atoms with Crippen LogP contribution < -0.4 is 9.62 Å². The monoisotopic (exact) mass is 552 g/mol. The summed E-state index contributed by atoms with van der Waals surface area (Å²) >= 11 is -1.64. The first-order chi connectivity index (χ1) is 17.2. The first-order valence-corrected chi connectivity index (χ1v) is 14.4. The number of carbonyl (C=O) groups excluding carboxylic acids is 1. The van der Waals surface area contributed by atoms with Crippen LogP contribution in [0.4, 0.5) is 24.5 Å². The molecule has 37 heavy (non-hydrogen) atoms. The van der Waals surface area contributed by atoms with E-state index in [1.807, 2.05) is 0 Å². The molecule has 1 amide bonds. The fourth-order valence-electron chi connectivity index (χ4n) is 4.34. The summed E-state index contributed by atoms with van der Waals surface area (Å²) in [7, 11) is -3.67. The molecule has 0 aliphatic carbocycles. The summed E-state index contributed by atoms with van der Waals surface area (Å²) in [6, 6.07) is 11.3. The van der Waals surface area contributed by atoms with Gasteiger partial charge in [-0.1, -0.05) is 12.1 Å². The van der Waals surface area contributed by atoms with Gasteiger partial charge in [0.2, 0.25) is 10.0 Å². The molecule has 3 aromatic rings. The molecule has 2 N–H and O–H groups in total. The second-order valence-corrected chi connectivity index (χ2v) is 11.8. The highest BCUT2D eigenvalue weighted by molar-refractivity contribution is 7.92. The van der Waals surface area contributed by atoms with Crippen molar-refractivity contribution in [3.05, 3.63) is 70.8 Å². The van der Waals surface area contributed by atoms with E-state index in [4.69, 9.17) is 0 Å². The Labute approximate surface area is 215 Å². The zero-order valence-electron chi connectivity index (χ0n) is 20.0. The van der Waals surface area contributed by atoms with Crippen molar-refractivity contribution in [2.24, 2.45) is 0 Å². The van der Waals surface area contributed by atoms with Crippen LogP contribution in [0.3, 0.4) is 0 Å². The number of phenolic OH excluding ortho intramolecular Hbond substituents is 1. The van der Waals surface area contributed by atoms with Gasteiger partial charge in [0.25, 0.3) is 5.91 Å². The number of hydrogen-bond acceptors (Lipinski definition) is 5. The molecule has 1 aliphatic rings. The van der Waals surface area contributed by atoms with Gasteiger partial charge in [0.05, 0.1) is 17.5 Å². The molecule has 0 saturated carbocycles. The zero-order valence-corrected chi connectivity index (χ0v) is 21.6. The molecule has 0 bridgehead atoms. The number of hydrogen-bond donors (Lipinski definition) is 2. The van der Waals surface area contributed by atoms with E-state index in [1.165, 1.54) is 48.4 Å². The van der Waals surface area contributed by atoms with E-state index in [1.54, 1.807) is 12.1 Å². The van der Waals surface area contributed by atoms with Crippen molar-refractivity contribution in [1.82, 2.24) is 0 Å². The summed E-state index contributed by atoms with van der Waals surface area (Å²) in [5.74, 6) is -0.675. The molecule has 1 unspecified atom stereocenters. The van der Waals surface area contributed by atoms with E-state index in [2.05, 4.69) is 4.72 Å². The Morgan fingerprint density at radius 3 is 2.41 bits per heavy atom. The number of aromatic hydroxyl groups is 1. The predicted molar refractivity (Wildman–Crippen MR) is 136 cm³/mol. The average molecular weight is 553 g/mol. The number of halogens is 3. The molecule has 0 aromatic heterocycles.